The van der Waals surface area contributed by atoms with Crippen LogP contribution >= 0.6 is 11.3 Å². The molecule has 0 fully saturated rings. The van der Waals surface area contributed by atoms with Crippen LogP contribution in [0.2, 0.25) is 0 Å². The maximum Gasteiger partial charge on any atom is 0.261 e. The number of carbonyl (C=O) groups excluding carboxylic acids is 1. The van der Waals surface area contributed by atoms with E-state index in [0.717, 1.165) is 30.1 Å². The molecule has 2 aromatic carbocycles. The first kappa shape index (κ1) is 21.4. The highest BCUT2D eigenvalue weighted by Crippen LogP contribution is 2.38. The average molecular weight is 437 g/mol. The molecule has 0 bridgehead atoms. The van der Waals surface area contributed by atoms with E-state index in [4.69, 9.17) is 9.47 Å². The van der Waals surface area contributed by atoms with E-state index >= 15 is 0 Å². The summed E-state index contributed by atoms with van der Waals surface area (Å²) in [6.07, 6.45) is 0.928. The zero-order valence-electron chi connectivity index (χ0n) is 18.2. The Morgan fingerprint density at radius 1 is 1.13 bits per heavy atom. The third-order valence-corrected chi connectivity index (χ3v) is 6.69. The molecule has 4 rings (SSSR count). The van der Waals surface area contributed by atoms with E-state index in [1.807, 2.05) is 17.5 Å². The molecule has 162 valence electrons. The van der Waals surface area contributed by atoms with Crippen molar-refractivity contribution in [1.82, 2.24) is 10.2 Å². The van der Waals surface area contributed by atoms with Crippen LogP contribution in [-0.2, 0) is 13.0 Å². The van der Waals surface area contributed by atoms with Gasteiger partial charge in [0.2, 0.25) is 0 Å². The standard InChI is InChI=1S/C25H28N2O3S/c1-17-6-8-18(9-7-17)16-27-11-10-19-13-22(29-2)23(30-3)14-20(19)21(27)15-26-25(28)24-5-4-12-31-24/h4-9,12-14,21H,10-11,15-16H2,1-3H3,(H,26,28)/t21-/m1/s1. The Kier molecular flexibility index (Phi) is 6.59. The van der Waals surface area contributed by atoms with Gasteiger partial charge in [-0.1, -0.05) is 35.9 Å². The number of hydrogen-bond donors (Lipinski definition) is 1. The van der Waals surface area contributed by atoms with Crippen LogP contribution in [0.4, 0.5) is 0 Å². The molecule has 0 saturated heterocycles. The van der Waals surface area contributed by atoms with Gasteiger partial charge in [0.1, 0.15) is 0 Å². The van der Waals surface area contributed by atoms with Crippen molar-refractivity contribution in [3.05, 3.63) is 81.0 Å². The minimum atomic E-state index is -0.0297. The summed E-state index contributed by atoms with van der Waals surface area (Å²) in [6.45, 7) is 4.37. The number of nitrogens with zero attached hydrogens (tertiary/aromatic N) is 1. The van der Waals surface area contributed by atoms with Gasteiger partial charge in [0.25, 0.3) is 5.91 Å². The summed E-state index contributed by atoms with van der Waals surface area (Å²) >= 11 is 1.46. The summed E-state index contributed by atoms with van der Waals surface area (Å²) < 4.78 is 11.1. The molecule has 0 aliphatic carbocycles. The fraction of sp³-hybridized carbons (Fsp3) is 0.320. The number of aryl methyl sites for hydroxylation is 1. The largest absolute Gasteiger partial charge is 0.493 e. The van der Waals surface area contributed by atoms with Crippen molar-refractivity contribution in [1.29, 1.82) is 0 Å². The van der Waals surface area contributed by atoms with Crippen molar-refractivity contribution in [2.24, 2.45) is 0 Å². The molecule has 1 aliphatic rings. The van der Waals surface area contributed by atoms with E-state index in [2.05, 4.69) is 53.5 Å². The molecule has 0 radical (unpaired) electrons. The van der Waals surface area contributed by atoms with Gasteiger partial charge in [0.05, 0.1) is 25.1 Å². The topological polar surface area (TPSA) is 50.8 Å². The summed E-state index contributed by atoms with van der Waals surface area (Å²) in [7, 11) is 3.32. The maximum atomic E-state index is 12.6. The van der Waals surface area contributed by atoms with E-state index in [1.165, 1.54) is 33.6 Å². The molecule has 1 atom stereocenters. The number of hydrogen-bond acceptors (Lipinski definition) is 5. The fourth-order valence-corrected chi connectivity index (χ4v) is 4.76. The summed E-state index contributed by atoms with van der Waals surface area (Å²) in [5.74, 6) is 1.43. The van der Waals surface area contributed by atoms with E-state index in [0.29, 0.717) is 12.3 Å². The van der Waals surface area contributed by atoms with Gasteiger partial charge in [-0.05, 0) is 53.6 Å². The molecule has 5 nitrogen and oxygen atoms in total. The molecule has 1 aliphatic heterocycles. The van der Waals surface area contributed by atoms with Crippen molar-refractivity contribution in [3.8, 4) is 11.5 Å². The second kappa shape index (κ2) is 9.54. The highest BCUT2D eigenvalue weighted by Gasteiger charge is 2.29. The predicted octanol–water partition coefficient (Wildman–Crippen LogP) is 4.60. The lowest BCUT2D eigenvalue weighted by Gasteiger charge is -2.38. The third-order valence-electron chi connectivity index (χ3n) is 5.82. The molecule has 1 aromatic heterocycles. The van der Waals surface area contributed by atoms with Gasteiger partial charge < -0.3 is 14.8 Å². The zero-order valence-corrected chi connectivity index (χ0v) is 19.0. The summed E-state index contributed by atoms with van der Waals surface area (Å²) in [5, 5.41) is 5.07. The van der Waals surface area contributed by atoms with Gasteiger partial charge >= 0.3 is 0 Å². The van der Waals surface area contributed by atoms with Crippen LogP contribution in [0.1, 0.15) is 38.0 Å². The molecule has 31 heavy (non-hydrogen) atoms. The molecule has 6 heteroatoms. The van der Waals surface area contributed by atoms with Gasteiger partial charge in [-0.15, -0.1) is 11.3 Å². The maximum absolute atomic E-state index is 12.6. The number of fused-ring (bicyclic) bond motifs is 1. The van der Waals surface area contributed by atoms with Gasteiger partial charge in [0.15, 0.2) is 11.5 Å². The number of ether oxygens (including phenoxy) is 2. The Morgan fingerprint density at radius 2 is 1.87 bits per heavy atom. The highest BCUT2D eigenvalue weighted by atomic mass is 32.1. The number of methoxy groups -OCH3 is 2. The van der Waals surface area contributed by atoms with Crippen LogP contribution in [0.3, 0.4) is 0 Å². The van der Waals surface area contributed by atoms with E-state index < -0.39 is 0 Å². The number of thiophene rings is 1. The SMILES string of the molecule is COc1cc2c(cc1OC)[C@@H](CNC(=O)c1cccs1)N(Cc1ccc(C)cc1)CC2. The monoisotopic (exact) mass is 436 g/mol. The van der Waals surface area contributed by atoms with Crippen molar-refractivity contribution in [2.75, 3.05) is 27.3 Å². The normalized spacial score (nSPS) is 15.9. The van der Waals surface area contributed by atoms with Gasteiger partial charge in [-0.25, -0.2) is 0 Å². The van der Waals surface area contributed by atoms with Crippen molar-refractivity contribution in [2.45, 2.75) is 25.9 Å². The molecule has 0 saturated carbocycles. The predicted molar refractivity (Wildman–Crippen MR) is 124 cm³/mol. The van der Waals surface area contributed by atoms with Crippen LogP contribution in [0.5, 0.6) is 11.5 Å². The van der Waals surface area contributed by atoms with Crippen LogP contribution < -0.4 is 14.8 Å². The van der Waals surface area contributed by atoms with Crippen molar-refractivity contribution < 1.29 is 14.3 Å². The second-order valence-corrected chi connectivity index (χ2v) is 8.76. The van der Waals surface area contributed by atoms with Gasteiger partial charge in [-0.2, -0.15) is 0 Å². The smallest absolute Gasteiger partial charge is 0.261 e. The Morgan fingerprint density at radius 3 is 2.55 bits per heavy atom. The van der Waals surface area contributed by atoms with Crippen molar-refractivity contribution in [3.63, 3.8) is 0 Å². The first-order valence-corrected chi connectivity index (χ1v) is 11.3. The molecule has 3 aromatic rings. The lowest BCUT2D eigenvalue weighted by molar-refractivity contribution is 0.0930. The number of carbonyl (C=O) groups is 1. The average Bonchev–Trinajstić information content (AvgIpc) is 3.33. The first-order chi connectivity index (χ1) is 15.1. The zero-order chi connectivity index (χ0) is 21.8. The third kappa shape index (κ3) is 4.75. The number of nitrogens with one attached hydrogen (secondary N) is 1. The lowest BCUT2D eigenvalue weighted by atomic mass is 9.91. The molecular formula is C25H28N2O3S. The molecule has 0 spiro atoms. The van der Waals surface area contributed by atoms with Crippen LogP contribution in [0.25, 0.3) is 0 Å². The molecule has 1 amide bonds. The highest BCUT2D eigenvalue weighted by molar-refractivity contribution is 7.12. The van der Waals surface area contributed by atoms with Crippen LogP contribution in [0.15, 0.2) is 53.9 Å². The van der Waals surface area contributed by atoms with Crippen LogP contribution in [-0.4, -0.2) is 38.1 Å². The Balaban J connectivity index is 1.63. The quantitative estimate of drug-likeness (QED) is 0.588. The Labute approximate surface area is 187 Å². The minimum Gasteiger partial charge on any atom is -0.493 e. The Hall–Kier alpha value is -2.83. The van der Waals surface area contributed by atoms with Gasteiger partial charge in [0, 0.05) is 19.6 Å². The summed E-state index contributed by atoms with van der Waals surface area (Å²) in [6, 6.07) is 16.6. The fourth-order valence-electron chi connectivity index (χ4n) is 4.12. The Bertz CT molecular complexity index is 1030. The van der Waals surface area contributed by atoms with Crippen molar-refractivity contribution >= 4 is 17.2 Å². The van der Waals surface area contributed by atoms with E-state index in [1.54, 1.807) is 14.2 Å². The van der Waals surface area contributed by atoms with E-state index in [-0.39, 0.29) is 11.9 Å². The first-order valence-electron chi connectivity index (χ1n) is 10.4. The number of rotatable bonds is 7. The minimum absolute atomic E-state index is 0.0297. The number of benzene rings is 2. The summed E-state index contributed by atoms with van der Waals surface area (Å²) in [4.78, 5) is 15.8. The molecule has 0 unspecified atom stereocenters. The lowest BCUT2D eigenvalue weighted by Crippen LogP contribution is -2.41. The van der Waals surface area contributed by atoms with E-state index in [9.17, 15) is 4.79 Å². The molecule has 1 N–H and O–H groups in total. The summed E-state index contributed by atoms with van der Waals surface area (Å²) in [5.41, 5.74) is 4.95. The molecular weight excluding hydrogens is 408 g/mol. The van der Waals surface area contributed by atoms with Crippen LogP contribution in [0, 0.1) is 6.92 Å². The van der Waals surface area contributed by atoms with Gasteiger partial charge in [-0.3, -0.25) is 9.69 Å². The number of amides is 1. The molecule has 2 heterocycles. The second-order valence-electron chi connectivity index (χ2n) is 7.82.